The fourth-order valence-electron chi connectivity index (χ4n) is 2.59. The van der Waals surface area contributed by atoms with E-state index in [-0.39, 0.29) is 6.10 Å². The third kappa shape index (κ3) is 6.99. The second kappa shape index (κ2) is 10.6. The second-order valence-electron chi connectivity index (χ2n) is 6.62. The molecule has 0 saturated carbocycles. The van der Waals surface area contributed by atoms with Gasteiger partial charge in [0.2, 0.25) is 0 Å². The lowest BCUT2D eigenvalue weighted by atomic mass is 10.1. The van der Waals surface area contributed by atoms with Crippen LogP contribution in [-0.4, -0.2) is 16.2 Å². The SMILES string of the molecule is CC(C)=CCC/C(C)=C\COC(Cn1ccnc1)c1ccc(Cl)cc1Cl. The highest BCUT2D eigenvalue weighted by atomic mass is 35.5. The molecular formula is C21H26Cl2N2O. The number of hydrogen-bond donors (Lipinski definition) is 0. The number of ether oxygens (including phenoxy) is 1. The van der Waals surface area contributed by atoms with Crippen LogP contribution in [0, 0.1) is 0 Å². The fourth-order valence-corrected chi connectivity index (χ4v) is 3.12. The lowest BCUT2D eigenvalue weighted by Crippen LogP contribution is -2.13. The summed E-state index contributed by atoms with van der Waals surface area (Å²) in [6.45, 7) is 7.57. The van der Waals surface area contributed by atoms with Crippen molar-refractivity contribution in [3.63, 3.8) is 0 Å². The largest absolute Gasteiger partial charge is 0.368 e. The molecule has 1 unspecified atom stereocenters. The molecular weight excluding hydrogens is 367 g/mol. The molecule has 5 heteroatoms. The van der Waals surface area contributed by atoms with Crippen LogP contribution in [0.25, 0.3) is 0 Å². The lowest BCUT2D eigenvalue weighted by molar-refractivity contribution is 0.0603. The van der Waals surface area contributed by atoms with E-state index < -0.39 is 0 Å². The van der Waals surface area contributed by atoms with E-state index in [1.54, 1.807) is 18.6 Å². The minimum atomic E-state index is -0.171. The zero-order valence-corrected chi connectivity index (χ0v) is 17.1. The molecule has 1 aromatic carbocycles. The molecule has 2 aromatic rings. The van der Waals surface area contributed by atoms with Crippen molar-refractivity contribution in [3.05, 3.63) is 75.8 Å². The van der Waals surface area contributed by atoms with Crippen molar-refractivity contribution in [1.29, 1.82) is 0 Å². The Kier molecular flexibility index (Phi) is 8.43. The van der Waals surface area contributed by atoms with Gasteiger partial charge in [0.1, 0.15) is 6.10 Å². The van der Waals surface area contributed by atoms with Gasteiger partial charge in [-0.2, -0.15) is 0 Å². The number of imidazole rings is 1. The van der Waals surface area contributed by atoms with Crippen LogP contribution in [0.2, 0.25) is 10.0 Å². The van der Waals surface area contributed by atoms with Crippen molar-refractivity contribution in [2.45, 2.75) is 46.3 Å². The van der Waals surface area contributed by atoms with E-state index in [9.17, 15) is 0 Å². The summed E-state index contributed by atoms with van der Waals surface area (Å²) in [6.07, 6.45) is 11.8. The van der Waals surface area contributed by atoms with E-state index in [4.69, 9.17) is 27.9 Å². The molecule has 0 N–H and O–H groups in total. The molecule has 2 rings (SSSR count). The average molecular weight is 393 g/mol. The zero-order chi connectivity index (χ0) is 18.9. The van der Waals surface area contributed by atoms with Gasteiger partial charge in [0.15, 0.2) is 0 Å². The Bertz CT molecular complexity index is 747. The van der Waals surface area contributed by atoms with E-state index >= 15 is 0 Å². The van der Waals surface area contributed by atoms with Crippen molar-refractivity contribution in [1.82, 2.24) is 9.55 Å². The third-order valence-corrected chi connectivity index (χ3v) is 4.63. The smallest absolute Gasteiger partial charge is 0.102 e. The van der Waals surface area contributed by atoms with E-state index in [2.05, 4.69) is 37.9 Å². The van der Waals surface area contributed by atoms with Gasteiger partial charge in [-0.15, -0.1) is 0 Å². The monoisotopic (exact) mass is 392 g/mol. The van der Waals surface area contributed by atoms with Crippen molar-refractivity contribution in [2.24, 2.45) is 0 Å². The molecule has 0 amide bonds. The Morgan fingerprint density at radius 3 is 2.69 bits per heavy atom. The average Bonchev–Trinajstić information content (AvgIpc) is 3.07. The minimum Gasteiger partial charge on any atom is -0.368 e. The summed E-state index contributed by atoms with van der Waals surface area (Å²) in [5.41, 5.74) is 3.61. The molecule has 0 fully saturated rings. The van der Waals surface area contributed by atoms with Crippen LogP contribution in [0.15, 0.2) is 60.2 Å². The lowest BCUT2D eigenvalue weighted by Gasteiger charge is -2.20. The van der Waals surface area contributed by atoms with Gasteiger partial charge >= 0.3 is 0 Å². The maximum atomic E-state index is 6.39. The van der Waals surface area contributed by atoms with Crippen LogP contribution in [0.3, 0.4) is 0 Å². The predicted octanol–water partition coefficient (Wildman–Crippen LogP) is 6.64. The number of aromatic nitrogens is 2. The summed E-state index contributed by atoms with van der Waals surface area (Å²) >= 11 is 12.4. The van der Waals surface area contributed by atoms with E-state index in [0.29, 0.717) is 23.2 Å². The highest BCUT2D eigenvalue weighted by Gasteiger charge is 2.16. The van der Waals surface area contributed by atoms with Gasteiger partial charge in [0.05, 0.1) is 19.5 Å². The third-order valence-electron chi connectivity index (χ3n) is 4.07. The summed E-state index contributed by atoms with van der Waals surface area (Å²) in [7, 11) is 0. The van der Waals surface area contributed by atoms with Crippen molar-refractivity contribution in [3.8, 4) is 0 Å². The summed E-state index contributed by atoms with van der Waals surface area (Å²) in [6, 6.07) is 5.52. The Labute approximate surface area is 166 Å². The Balaban J connectivity index is 2.03. The molecule has 1 aromatic heterocycles. The van der Waals surface area contributed by atoms with E-state index in [1.807, 2.05) is 22.9 Å². The number of benzene rings is 1. The van der Waals surface area contributed by atoms with Crippen LogP contribution in [0.5, 0.6) is 0 Å². The first-order chi connectivity index (χ1) is 12.5. The first-order valence-electron chi connectivity index (χ1n) is 8.77. The standard InChI is InChI=1S/C21H26Cl2N2O/c1-16(2)5-4-6-17(3)9-12-26-21(14-25-11-10-24-15-25)19-8-7-18(22)13-20(19)23/h5,7-11,13,15,21H,4,6,12,14H2,1-3H3/b17-9-. The first kappa shape index (κ1) is 20.8. The minimum absolute atomic E-state index is 0.171. The Morgan fingerprint density at radius 2 is 2.04 bits per heavy atom. The quantitative estimate of drug-likeness (QED) is 0.447. The number of rotatable bonds is 9. The van der Waals surface area contributed by atoms with Gasteiger partial charge in [-0.25, -0.2) is 4.98 Å². The van der Waals surface area contributed by atoms with Crippen LogP contribution < -0.4 is 0 Å². The Hall–Kier alpha value is -1.55. The summed E-state index contributed by atoms with van der Waals surface area (Å²) in [4.78, 5) is 4.10. The van der Waals surface area contributed by atoms with Crippen LogP contribution >= 0.6 is 23.2 Å². The second-order valence-corrected chi connectivity index (χ2v) is 7.46. The maximum Gasteiger partial charge on any atom is 0.102 e. The number of halogens is 2. The molecule has 26 heavy (non-hydrogen) atoms. The molecule has 1 heterocycles. The topological polar surface area (TPSA) is 27.1 Å². The molecule has 0 bridgehead atoms. The van der Waals surface area contributed by atoms with Crippen molar-refractivity contribution in [2.75, 3.05) is 6.61 Å². The Morgan fingerprint density at radius 1 is 1.23 bits per heavy atom. The maximum absolute atomic E-state index is 6.39. The summed E-state index contributed by atoms with van der Waals surface area (Å²) < 4.78 is 8.14. The fraction of sp³-hybridized carbons (Fsp3) is 0.381. The molecule has 0 aliphatic rings. The molecule has 0 saturated heterocycles. The number of nitrogens with zero attached hydrogens (tertiary/aromatic N) is 2. The van der Waals surface area contributed by atoms with Gasteiger partial charge in [-0.05, 0) is 45.7 Å². The van der Waals surface area contributed by atoms with Crippen molar-refractivity contribution < 1.29 is 4.74 Å². The van der Waals surface area contributed by atoms with Crippen LogP contribution in [0.4, 0.5) is 0 Å². The predicted molar refractivity (Wildman–Crippen MR) is 110 cm³/mol. The molecule has 0 spiro atoms. The van der Waals surface area contributed by atoms with E-state index in [0.717, 1.165) is 18.4 Å². The molecule has 0 radical (unpaired) electrons. The zero-order valence-electron chi connectivity index (χ0n) is 15.6. The highest BCUT2D eigenvalue weighted by molar-refractivity contribution is 6.35. The summed E-state index contributed by atoms with van der Waals surface area (Å²) in [5.74, 6) is 0. The molecule has 3 nitrogen and oxygen atoms in total. The molecule has 1 atom stereocenters. The van der Waals surface area contributed by atoms with Crippen LogP contribution in [-0.2, 0) is 11.3 Å². The first-order valence-corrected chi connectivity index (χ1v) is 9.52. The molecule has 0 aliphatic carbocycles. The molecule has 140 valence electrons. The van der Waals surface area contributed by atoms with Crippen molar-refractivity contribution >= 4 is 23.2 Å². The van der Waals surface area contributed by atoms with Gasteiger partial charge < -0.3 is 9.30 Å². The van der Waals surface area contributed by atoms with Gasteiger partial charge in [0.25, 0.3) is 0 Å². The van der Waals surface area contributed by atoms with Crippen LogP contribution in [0.1, 0.15) is 45.3 Å². The molecule has 0 aliphatic heterocycles. The number of allylic oxidation sites excluding steroid dienone is 3. The summed E-state index contributed by atoms with van der Waals surface area (Å²) in [5, 5.41) is 1.24. The normalized spacial score (nSPS) is 12.9. The van der Waals surface area contributed by atoms with Gasteiger partial charge in [-0.1, -0.05) is 52.6 Å². The van der Waals surface area contributed by atoms with E-state index in [1.165, 1.54) is 11.1 Å². The van der Waals surface area contributed by atoms with Gasteiger partial charge in [-0.3, -0.25) is 0 Å². The number of hydrogen-bond acceptors (Lipinski definition) is 2. The highest BCUT2D eigenvalue weighted by Crippen LogP contribution is 2.29. The van der Waals surface area contributed by atoms with Gasteiger partial charge in [0, 0.05) is 28.0 Å².